The molecule has 0 saturated carbocycles. The number of rotatable bonds is 7. The number of anilines is 5. The normalized spacial score (nSPS) is 19.8. The Hall–Kier alpha value is -5.54. The van der Waals surface area contributed by atoms with Crippen LogP contribution in [0.1, 0.15) is 175 Å². The Bertz CT molecular complexity index is 3110. The predicted octanol–water partition coefficient (Wildman–Crippen LogP) is 16.7. The molecule has 2 heterocycles. The van der Waals surface area contributed by atoms with Gasteiger partial charge in [-0.05, 0) is 189 Å². The molecule has 0 atom stereocenters. The number of hydrogen-bond acceptors (Lipinski definition) is 2. The van der Waals surface area contributed by atoms with E-state index in [0.717, 1.165) is 19.3 Å². The maximum atomic E-state index is 2.73. The highest BCUT2D eigenvalue weighted by molar-refractivity contribution is 7.00. The van der Waals surface area contributed by atoms with Crippen molar-refractivity contribution in [2.24, 2.45) is 10.8 Å². The lowest BCUT2D eigenvalue weighted by Crippen LogP contribution is -2.62. The summed E-state index contributed by atoms with van der Waals surface area (Å²) in [7, 11) is 0. The molecule has 5 aromatic carbocycles. The molecule has 3 aliphatic carbocycles. The molecule has 10 rings (SSSR count). The van der Waals surface area contributed by atoms with E-state index < -0.39 is 0 Å². The van der Waals surface area contributed by atoms with Gasteiger partial charge in [-0.1, -0.05) is 175 Å². The lowest BCUT2D eigenvalue weighted by atomic mass is 9.33. The molecule has 0 saturated heterocycles. The minimum Gasteiger partial charge on any atom is -0.311 e. The van der Waals surface area contributed by atoms with Crippen molar-refractivity contribution in [3.63, 3.8) is 0 Å². The summed E-state index contributed by atoms with van der Waals surface area (Å²) in [5.74, 6) is 0. The first-order valence-corrected chi connectivity index (χ1v) is 26.6. The number of aryl methyl sites for hydroxylation is 1. The molecule has 5 aliphatic rings. The van der Waals surface area contributed by atoms with Gasteiger partial charge in [-0.3, -0.25) is 0 Å². The van der Waals surface area contributed by atoms with Crippen molar-refractivity contribution < 1.29 is 0 Å². The molecule has 0 unspecified atom stereocenters. The van der Waals surface area contributed by atoms with E-state index in [1.165, 1.54) is 119 Å². The molecule has 0 spiro atoms. The van der Waals surface area contributed by atoms with Gasteiger partial charge in [-0.15, -0.1) is 0 Å². The van der Waals surface area contributed by atoms with E-state index in [9.17, 15) is 0 Å². The first kappa shape index (κ1) is 48.1. The standard InChI is InChI=1S/C67H79BN2/c1-17-44(3)56(38-49-41-63(7,8)42-66(49,13)14)70-57-37-48(67(15,16)46-26-22-19-23-27-46)28-30-53(57)68-54-39-51-52(65(11,12)33-32-64(51,9)10)40-58(54)69(59-34-43(2)35-60(70)61(59)68)55-31-29-47(62(4,5)6)36-50(55)45-24-20-18-21-25-45/h17-20,22-24,26-31,34-41H,21,25,32-33,42H2,1-16H3/b44-17-,56-38+. The van der Waals surface area contributed by atoms with E-state index in [0.29, 0.717) is 0 Å². The van der Waals surface area contributed by atoms with Crippen LogP contribution in [0.5, 0.6) is 0 Å². The zero-order chi connectivity index (χ0) is 50.1. The average Bonchev–Trinajstić information content (AvgIpc) is 3.53. The highest BCUT2D eigenvalue weighted by atomic mass is 15.2. The van der Waals surface area contributed by atoms with Crippen LogP contribution in [0, 0.1) is 17.8 Å². The van der Waals surface area contributed by atoms with Crippen LogP contribution in [-0.4, -0.2) is 6.71 Å². The van der Waals surface area contributed by atoms with Gasteiger partial charge in [0.25, 0.3) is 6.71 Å². The van der Waals surface area contributed by atoms with Crippen LogP contribution in [0.25, 0.3) is 5.57 Å². The second-order valence-corrected chi connectivity index (χ2v) is 26.1. The van der Waals surface area contributed by atoms with Crippen LogP contribution in [0.2, 0.25) is 0 Å². The van der Waals surface area contributed by atoms with Gasteiger partial charge >= 0.3 is 0 Å². The van der Waals surface area contributed by atoms with Gasteiger partial charge < -0.3 is 9.80 Å². The van der Waals surface area contributed by atoms with Crippen molar-refractivity contribution in [2.75, 3.05) is 9.80 Å². The fraction of sp³-hybridized carbons (Fsp3) is 0.403. The van der Waals surface area contributed by atoms with Crippen LogP contribution in [0.3, 0.4) is 0 Å². The lowest BCUT2D eigenvalue weighted by molar-refractivity contribution is 0.327. The summed E-state index contributed by atoms with van der Waals surface area (Å²) in [6.07, 6.45) is 20.0. The molecular formula is C67H79BN2. The van der Waals surface area contributed by atoms with Gasteiger partial charge in [0.05, 0.1) is 5.69 Å². The molecule has 0 radical (unpaired) electrons. The van der Waals surface area contributed by atoms with Crippen molar-refractivity contribution >= 4 is 57.1 Å². The highest BCUT2D eigenvalue weighted by Gasteiger charge is 2.48. The highest BCUT2D eigenvalue weighted by Crippen LogP contribution is 2.53. The Morgan fingerprint density at radius 2 is 1.33 bits per heavy atom. The molecule has 0 N–H and O–H groups in total. The monoisotopic (exact) mass is 923 g/mol. The second kappa shape index (κ2) is 16.5. The Morgan fingerprint density at radius 3 is 1.96 bits per heavy atom. The summed E-state index contributed by atoms with van der Waals surface area (Å²) in [6, 6.07) is 36.5. The topological polar surface area (TPSA) is 6.48 Å². The third-order valence-corrected chi connectivity index (χ3v) is 17.5. The summed E-state index contributed by atoms with van der Waals surface area (Å²) in [5, 5.41) is 0. The third-order valence-electron chi connectivity index (χ3n) is 17.5. The van der Waals surface area contributed by atoms with Crippen LogP contribution in [-0.2, 0) is 21.7 Å². The molecule has 2 nitrogen and oxygen atoms in total. The minimum absolute atomic E-state index is 0.00446. The summed E-state index contributed by atoms with van der Waals surface area (Å²) in [4.78, 5) is 5.43. The first-order chi connectivity index (χ1) is 32.8. The number of nitrogens with zero attached hydrogens (tertiary/aromatic N) is 2. The van der Waals surface area contributed by atoms with Crippen molar-refractivity contribution in [1.29, 1.82) is 0 Å². The third kappa shape index (κ3) is 7.93. The van der Waals surface area contributed by atoms with E-state index in [1.54, 1.807) is 0 Å². The van der Waals surface area contributed by atoms with Crippen LogP contribution < -0.4 is 26.2 Å². The number of benzene rings is 5. The van der Waals surface area contributed by atoms with Gasteiger partial charge in [-0.25, -0.2) is 0 Å². The summed E-state index contributed by atoms with van der Waals surface area (Å²) in [5.41, 5.74) is 25.6. The molecule has 0 fully saturated rings. The van der Waals surface area contributed by atoms with E-state index in [1.807, 2.05) is 0 Å². The Morgan fingerprint density at radius 1 is 0.657 bits per heavy atom. The number of fused-ring (bicyclic) bond motifs is 5. The molecule has 70 heavy (non-hydrogen) atoms. The van der Waals surface area contributed by atoms with E-state index >= 15 is 0 Å². The van der Waals surface area contributed by atoms with Gasteiger partial charge in [0.1, 0.15) is 0 Å². The maximum Gasteiger partial charge on any atom is 0.252 e. The summed E-state index contributed by atoms with van der Waals surface area (Å²) < 4.78 is 0. The molecule has 5 aromatic rings. The molecular weight excluding hydrogens is 844 g/mol. The first-order valence-electron chi connectivity index (χ1n) is 26.6. The molecule has 0 aromatic heterocycles. The molecule has 2 aliphatic heterocycles. The fourth-order valence-electron chi connectivity index (χ4n) is 13.2. The van der Waals surface area contributed by atoms with Gasteiger partial charge in [0, 0.05) is 39.4 Å². The lowest BCUT2D eigenvalue weighted by Gasteiger charge is -2.48. The maximum absolute atomic E-state index is 2.73. The van der Waals surface area contributed by atoms with Crippen LogP contribution >= 0.6 is 0 Å². The minimum atomic E-state index is -0.228. The Labute approximate surface area is 423 Å². The SMILES string of the molecule is C/C=C(C)\C(=C/C1=CC(C)(C)CC1(C)C)N1c2cc(C(C)(C)c3ccccc3)ccc2B2c3cc4c(cc3N(c3ccc(C(C)(C)C)cc3C3=CC=CCC3)c3cc(C)cc1c32)C(C)(C)CCC4(C)C. The number of allylic oxidation sites excluding steroid dienone is 9. The van der Waals surface area contributed by atoms with E-state index in [-0.39, 0.29) is 39.2 Å². The zero-order valence-corrected chi connectivity index (χ0v) is 45.6. The van der Waals surface area contributed by atoms with Crippen LogP contribution in [0.15, 0.2) is 144 Å². The van der Waals surface area contributed by atoms with E-state index in [4.69, 9.17) is 0 Å². The molecule has 360 valence electrons. The predicted molar refractivity (Wildman–Crippen MR) is 306 cm³/mol. The van der Waals surface area contributed by atoms with Gasteiger partial charge in [0.15, 0.2) is 0 Å². The van der Waals surface area contributed by atoms with Crippen molar-refractivity contribution in [3.05, 3.63) is 183 Å². The fourth-order valence-corrected chi connectivity index (χ4v) is 13.2. The van der Waals surface area contributed by atoms with Gasteiger partial charge in [0.2, 0.25) is 0 Å². The molecule has 3 heteroatoms. The van der Waals surface area contributed by atoms with Gasteiger partial charge in [-0.2, -0.15) is 0 Å². The molecule has 0 amide bonds. The zero-order valence-electron chi connectivity index (χ0n) is 45.6. The van der Waals surface area contributed by atoms with Crippen molar-refractivity contribution in [2.45, 2.75) is 165 Å². The van der Waals surface area contributed by atoms with Crippen molar-refractivity contribution in [3.8, 4) is 0 Å². The Kier molecular flexibility index (Phi) is 11.3. The average molecular weight is 923 g/mol. The van der Waals surface area contributed by atoms with Crippen molar-refractivity contribution in [1.82, 2.24) is 0 Å². The van der Waals surface area contributed by atoms with E-state index in [2.05, 4.69) is 248 Å². The number of hydrogen-bond donors (Lipinski definition) is 0. The Balaban J connectivity index is 1.35. The quantitative estimate of drug-likeness (QED) is 0.116. The summed E-state index contributed by atoms with van der Waals surface area (Å²) >= 11 is 0. The second-order valence-electron chi connectivity index (χ2n) is 26.1. The smallest absolute Gasteiger partial charge is 0.252 e. The van der Waals surface area contributed by atoms with Crippen LogP contribution in [0.4, 0.5) is 28.4 Å². The molecule has 0 bridgehead atoms. The summed E-state index contributed by atoms with van der Waals surface area (Å²) in [6.45, 7) is 38.4. The largest absolute Gasteiger partial charge is 0.311 e.